The molecule has 0 aliphatic heterocycles. The first kappa shape index (κ1) is 19.6. The molecule has 1 heterocycles. The maximum Gasteiger partial charge on any atom is 0.324 e. The van der Waals surface area contributed by atoms with Crippen LogP contribution in [0.2, 0.25) is 0 Å². The van der Waals surface area contributed by atoms with Crippen molar-refractivity contribution in [2.45, 2.75) is 19.9 Å². The Labute approximate surface area is 165 Å². The Morgan fingerprint density at radius 3 is 2.57 bits per heavy atom. The average molecular weight is 378 g/mol. The molecule has 0 saturated carbocycles. The Balaban J connectivity index is 1.77. The lowest BCUT2D eigenvalue weighted by atomic mass is 10.1. The van der Waals surface area contributed by atoms with Crippen LogP contribution in [0.3, 0.4) is 0 Å². The molecule has 0 bridgehead atoms. The molecule has 0 atom stereocenters. The van der Waals surface area contributed by atoms with Gasteiger partial charge < -0.3 is 10.0 Å². The Kier molecular flexibility index (Phi) is 6.45. The first-order valence-electron chi connectivity index (χ1n) is 9.36. The van der Waals surface area contributed by atoms with Crippen molar-refractivity contribution in [2.75, 3.05) is 25.1 Å². The van der Waals surface area contributed by atoms with E-state index < -0.39 is 0 Å². The molecule has 0 saturated heterocycles. The number of rotatable bonds is 7. The van der Waals surface area contributed by atoms with Crippen LogP contribution in [0.5, 0.6) is 0 Å². The predicted octanol–water partition coefficient (Wildman–Crippen LogP) is 3.83. The van der Waals surface area contributed by atoms with Crippen LogP contribution in [0.15, 0.2) is 60.9 Å². The molecule has 0 unspecified atom stereocenters. The van der Waals surface area contributed by atoms with E-state index in [1.807, 2.05) is 55.6 Å². The highest BCUT2D eigenvalue weighted by Crippen LogP contribution is 2.23. The lowest BCUT2D eigenvalue weighted by molar-refractivity contribution is 0.212. The number of nitrogens with one attached hydrogen (secondary N) is 1. The molecular formula is C22H26N4O2. The summed E-state index contributed by atoms with van der Waals surface area (Å²) in [5.41, 5.74) is 5.09. The van der Waals surface area contributed by atoms with Crippen molar-refractivity contribution in [3.05, 3.63) is 72.1 Å². The third-order valence-corrected chi connectivity index (χ3v) is 4.61. The van der Waals surface area contributed by atoms with Crippen LogP contribution in [0.4, 0.5) is 10.5 Å². The minimum Gasteiger partial charge on any atom is -0.396 e. The molecule has 0 aliphatic rings. The Hall–Kier alpha value is -3.12. The van der Waals surface area contributed by atoms with Crippen LogP contribution in [0, 0.1) is 6.92 Å². The summed E-state index contributed by atoms with van der Waals surface area (Å²) in [7, 11) is 1.80. The number of nitrogens with zero attached hydrogens (tertiary/aromatic N) is 3. The summed E-state index contributed by atoms with van der Waals surface area (Å²) in [5.74, 6) is 0. The number of aryl methyl sites for hydroxylation is 1. The summed E-state index contributed by atoms with van der Waals surface area (Å²) in [4.78, 5) is 16.5. The summed E-state index contributed by atoms with van der Waals surface area (Å²) >= 11 is 0. The third kappa shape index (κ3) is 4.78. The quantitative estimate of drug-likeness (QED) is 0.656. The van der Waals surface area contributed by atoms with E-state index in [0.29, 0.717) is 19.5 Å². The molecule has 3 rings (SSSR count). The van der Waals surface area contributed by atoms with Crippen LogP contribution in [0.25, 0.3) is 11.1 Å². The van der Waals surface area contributed by atoms with Gasteiger partial charge in [0.25, 0.3) is 0 Å². The number of aliphatic hydroxyl groups excluding tert-OH is 1. The summed E-state index contributed by atoms with van der Waals surface area (Å²) < 4.78 is 0. The summed E-state index contributed by atoms with van der Waals surface area (Å²) in [6.07, 6.45) is 4.12. The van der Waals surface area contributed by atoms with E-state index in [1.165, 1.54) is 5.56 Å². The highest BCUT2D eigenvalue weighted by atomic mass is 16.3. The van der Waals surface area contributed by atoms with Gasteiger partial charge in [0.2, 0.25) is 0 Å². The number of amides is 2. The van der Waals surface area contributed by atoms with Crippen molar-refractivity contribution in [2.24, 2.45) is 0 Å². The zero-order valence-corrected chi connectivity index (χ0v) is 16.3. The van der Waals surface area contributed by atoms with Crippen LogP contribution < -0.4 is 4.90 Å². The van der Waals surface area contributed by atoms with Crippen LogP contribution in [0.1, 0.15) is 17.5 Å². The number of hydrogen-bond donors (Lipinski definition) is 2. The molecule has 0 fully saturated rings. The van der Waals surface area contributed by atoms with E-state index in [1.54, 1.807) is 23.0 Å². The lowest BCUT2D eigenvalue weighted by Gasteiger charge is -2.28. The molecule has 28 heavy (non-hydrogen) atoms. The van der Waals surface area contributed by atoms with E-state index in [4.69, 9.17) is 0 Å². The molecule has 2 N–H and O–H groups in total. The number of benzene rings is 2. The number of aliphatic hydroxyl groups is 1. The summed E-state index contributed by atoms with van der Waals surface area (Å²) in [6.45, 7) is 3.07. The summed E-state index contributed by atoms with van der Waals surface area (Å²) in [5, 5.41) is 16.0. The SMILES string of the molecule is Cc1cccc(CN(C)C(=O)N(CCCO)c2ccc(-c3cn[nH]c3)cc2)c1. The molecular weight excluding hydrogens is 352 g/mol. The molecule has 2 amide bonds. The fraction of sp³-hybridized carbons (Fsp3) is 0.273. The largest absolute Gasteiger partial charge is 0.396 e. The molecule has 6 heteroatoms. The molecule has 146 valence electrons. The maximum absolute atomic E-state index is 13.1. The number of carbonyl (C=O) groups excluding carboxylic acids is 1. The van der Waals surface area contributed by atoms with Gasteiger partial charge in [-0.1, -0.05) is 42.0 Å². The van der Waals surface area contributed by atoms with Gasteiger partial charge in [-0.15, -0.1) is 0 Å². The molecule has 0 spiro atoms. The smallest absolute Gasteiger partial charge is 0.324 e. The molecule has 3 aromatic rings. The monoisotopic (exact) mass is 378 g/mol. The van der Waals surface area contributed by atoms with Crippen LogP contribution in [-0.2, 0) is 6.54 Å². The average Bonchev–Trinajstić information content (AvgIpc) is 3.23. The number of H-pyrrole nitrogens is 1. The predicted molar refractivity (Wildman–Crippen MR) is 111 cm³/mol. The molecule has 0 radical (unpaired) electrons. The van der Waals surface area contributed by atoms with Crippen molar-refractivity contribution in [3.63, 3.8) is 0 Å². The molecule has 0 aliphatic carbocycles. The first-order chi connectivity index (χ1) is 13.6. The second-order valence-corrected chi connectivity index (χ2v) is 6.89. The van der Waals surface area contributed by atoms with Crippen molar-refractivity contribution in [1.29, 1.82) is 0 Å². The van der Waals surface area contributed by atoms with Gasteiger partial charge in [0.1, 0.15) is 0 Å². The number of anilines is 1. The van der Waals surface area contributed by atoms with Crippen LogP contribution >= 0.6 is 0 Å². The fourth-order valence-electron chi connectivity index (χ4n) is 3.16. The van der Waals surface area contributed by atoms with E-state index >= 15 is 0 Å². The number of aromatic nitrogens is 2. The highest BCUT2D eigenvalue weighted by Gasteiger charge is 2.20. The Morgan fingerprint density at radius 1 is 1.14 bits per heavy atom. The van der Waals surface area contributed by atoms with Crippen molar-refractivity contribution < 1.29 is 9.90 Å². The topological polar surface area (TPSA) is 72.5 Å². The second-order valence-electron chi connectivity index (χ2n) is 6.89. The number of urea groups is 1. The van der Waals surface area contributed by atoms with Crippen molar-refractivity contribution >= 4 is 11.7 Å². The van der Waals surface area contributed by atoms with Crippen LogP contribution in [-0.4, -0.2) is 46.4 Å². The minimum absolute atomic E-state index is 0.0402. The van der Waals surface area contributed by atoms with Gasteiger partial charge in [-0.3, -0.25) is 10.00 Å². The Morgan fingerprint density at radius 2 is 1.93 bits per heavy atom. The van der Waals surface area contributed by atoms with Gasteiger partial charge in [0, 0.05) is 44.2 Å². The molecule has 1 aromatic heterocycles. The van der Waals surface area contributed by atoms with E-state index in [2.05, 4.69) is 16.3 Å². The van der Waals surface area contributed by atoms with Gasteiger partial charge >= 0.3 is 6.03 Å². The highest BCUT2D eigenvalue weighted by molar-refractivity contribution is 5.92. The number of aromatic amines is 1. The van der Waals surface area contributed by atoms with Gasteiger partial charge in [-0.05, 0) is 36.6 Å². The third-order valence-electron chi connectivity index (χ3n) is 4.61. The fourth-order valence-corrected chi connectivity index (χ4v) is 3.16. The van der Waals surface area contributed by atoms with E-state index in [9.17, 15) is 9.90 Å². The lowest BCUT2D eigenvalue weighted by Crippen LogP contribution is -2.41. The van der Waals surface area contributed by atoms with E-state index in [-0.39, 0.29) is 12.6 Å². The maximum atomic E-state index is 13.1. The Bertz CT molecular complexity index is 891. The zero-order chi connectivity index (χ0) is 19.9. The summed E-state index contributed by atoms with van der Waals surface area (Å²) in [6, 6.07) is 15.9. The van der Waals surface area contributed by atoms with Gasteiger partial charge in [-0.25, -0.2) is 4.79 Å². The molecule has 2 aromatic carbocycles. The standard InChI is InChI=1S/C22H26N4O2/c1-17-5-3-6-18(13-17)16-25(2)22(28)26(11-4-12-27)21-9-7-19(8-10-21)20-14-23-24-15-20/h3,5-10,13-15,27H,4,11-12,16H2,1-2H3,(H,23,24). The van der Waals surface area contributed by atoms with Crippen molar-refractivity contribution in [3.8, 4) is 11.1 Å². The van der Waals surface area contributed by atoms with Gasteiger partial charge in [-0.2, -0.15) is 5.10 Å². The van der Waals surface area contributed by atoms with Gasteiger partial charge in [0.15, 0.2) is 0 Å². The van der Waals surface area contributed by atoms with Crippen molar-refractivity contribution in [1.82, 2.24) is 15.1 Å². The van der Waals surface area contributed by atoms with Gasteiger partial charge in [0.05, 0.1) is 6.20 Å². The zero-order valence-electron chi connectivity index (χ0n) is 16.3. The number of hydrogen-bond acceptors (Lipinski definition) is 3. The first-order valence-corrected chi connectivity index (χ1v) is 9.36. The second kappa shape index (κ2) is 9.19. The minimum atomic E-state index is -0.0917. The van der Waals surface area contributed by atoms with E-state index in [0.717, 1.165) is 22.4 Å². The number of carbonyl (C=O) groups is 1. The molecule has 6 nitrogen and oxygen atoms in total. The normalized spacial score (nSPS) is 10.7.